The van der Waals surface area contributed by atoms with Crippen LogP contribution in [0.25, 0.3) is 0 Å². The van der Waals surface area contributed by atoms with Gasteiger partial charge in [-0.15, -0.1) is 0 Å². The van der Waals surface area contributed by atoms with Gasteiger partial charge in [-0.05, 0) is 54.1 Å². The molecule has 1 atom stereocenters. The van der Waals surface area contributed by atoms with Gasteiger partial charge in [0.05, 0.1) is 18.5 Å². The Labute approximate surface area is 168 Å². The van der Waals surface area contributed by atoms with Crippen LogP contribution in [0.2, 0.25) is 0 Å². The van der Waals surface area contributed by atoms with Gasteiger partial charge in [-0.1, -0.05) is 29.8 Å². The summed E-state index contributed by atoms with van der Waals surface area (Å²) in [4.78, 5) is 15.1. The molecule has 4 rings (SSSR count). The van der Waals surface area contributed by atoms with E-state index in [2.05, 4.69) is 48.0 Å². The Bertz CT molecular complexity index is 946. The molecule has 1 amide bonds. The van der Waals surface area contributed by atoms with Crippen LogP contribution in [-0.4, -0.2) is 35.1 Å². The molecule has 28 heavy (non-hydrogen) atoms. The van der Waals surface area contributed by atoms with E-state index in [-0.39, 0.29) is 11.9 Å². The van der Waals surface area contributed by atoms with E-state index in [1.807, 2.05) is 24.1 Å². The summed E-state index contributed by atoms with van der Waals surface area (Å²) in [6.45, 7) is 3.10. The smallest absolute Gasteiger partial charge is 0.257 e. The van der Waals surface area contributed by atoms with E-state index < -0.39 is 0 Å². The maximum Gasteiger partial charge on any atom is 0.257 e. The lowest BCUT2D eigenvalue weighted by Gasteiger charge is -2.23. The Morgan fingerprint density at radius 3 is 2.79 bits per heavy atom. The standard InChI is InChI=1S/C22H23N3O2S/c1-16-5-7-18(8-6-16)19-12-20(21-4-3-10-27-21)25(23-19)22(26)14-24(2)13-17-9-11-28-15-17/h3-11,15,20H,12-14H2,1-2H3/t20-/m0/s1. The normalized spacial score (nSPS) is 16.6. The van der Waals surface area contributed by atoms with Crippen LogP contribution in [0.15, 0.2) is 69.0 Å². The zero-order valence-electron chi connectivity index (χ0n) is 16.0. The molecule has 0 saturated carbocycles. The highest BCUT2D eigenvalue weighted by Gasteiger charge is 2.35. The molecule has 1 aliphatic heterocycles. The van der Waals surface area contributed by atoms with Gasteiger partial charge in [0, 0.05) is 13.0 Å². The van der Waals surface area contributed by atoms with Crippen molar-refractivity contribution in [2.45, 2.75) is 25.9 Å². The largest absolute Gasteiger partial charge is 0.467 e. The van der Waals surface area contributed by atoms with Crippen molar-refractivity contribution in [3.63, 3.8) is 0 Å². The first-order valence-electron chi connectivity index (χ1n) is 9.30. The Morgan fingerprint density at radius 2 is 2.11 bits per heavy atom. The molecule has 0 aliphatic carbocycles. The Hall–Kier alpha value is -2.70. The van der Waals surface area contributed by atoms with E-state index in [1.165, 1.54) is 11.1 Å². The van der Waals surface area contributed by atoms with E-state index in [4.69, 9.17) is 9.52 Å². The fourth-order valence-corrected chi connectivity index (χ4v) is 4.08. The number of carbonyl (C=O) groups excluding carboxylic acids is 1. The third-order valence-corrected chi connectivity index (χ3v) is 5.59. The van der Waals surface area contributed by atoms with E-state index in [9.17, 15) is 4.79 Å². The van der Waals surface area contributed by atoms with Gasteiger partial charge < -0.3 is 4.42 Å². The highest BCUT2D eigenvalue weighted by molar-refractivity contribution is 7.07. The van der Waals surface area contributed by atoms with Crippen LogP contribution in [0.5, 0.6) is 0 Å². The van der Waals surface area contributed by atoms with Crippen molar-refractivity contribution in [1.82, 2.24) is 9.91 Å². The quantitative estimate of drug-likeness (QED) is 0.621. The lowest BCUT2D eigenvalue weighted by atomic mass is 10.0. The summed E-state index contributed by atoms with van der Waals surface area (Å²) in [7, 11) is 1.96. The minimum absolute atomic E-state index is 0.0266. The number of likely N-dealkylation sites (N-methyl/N-ethyl adjacent to an activating group) is 1. The van der Waals surface area contributed by atoms with Crippen molar-refractivity contribution in [2.24, 2.45) is 5.10 Å². The van der Waals surface area contributed by atoms with Gasteiger partial charge in [0.15, 0.2) is 0 Å². The second-order valence-corrected chi connectivity index (χ2v) is 7.97. The van der Waals surface area contributed by atoms with E-state index >= 15 is 0 Å². The zero-order chi connectivity index (χ0) is 19.5. The monoisotopic (exact) mass is 393 g/mol. The molecular weight excluding hydrogens is 370 g/mol. The molecule has 3 aromatic rings. The van der Waals surface area contributed by atoms with Crippen LogP contribution < -0.4 is 0 Å². The molecule has 0 radical (unpaired) electrons. The van der Waals surface area contributed by atoms with Crippen LogP contribution in [-0.2, 0) is 11.3 Å². The number of thiophene rings is 1. The van der Waals surface area contributed by atoms with Gasteiger partial charge in [-0.3, -0.25) is 9.69 Å². The van der Waals surface area contributed by atoms with Gasteiger partial charge in [0.25, 0.3) is 5.91 Å². The van der Waals surface area contributed by atoms with Crippen LogP contribution in [0.3, 0.4) is 0 Å². The number of rotatable bonds is 6. The highest BCUT2D eigenvalue weighted by atomic mass is 32.1. The summed E-state index contributed by atoms with van der Waals surface area (Å²) in [6.07, 6.45) is 2.29. The maximum atomic E-state index is 13.1. The fraction of sp³-hybridized carbons (Fsp3) is 0.273. The number of hydrazone groups is 1. The molecule has 1 aliphatic rings. The Morgan fingerprint density at radius 1 is 1.29 bits per heavy atom. The van der Waals surface area contributed by atoms with Crippen molar-refractivity contribution < 1.29 is 9.21 Å². The molecule has 5 nitrogen and oxygen atoms in total. The number of hydrogen-bond donors (Lipinski definition) is 0. The van der Waals surface area contributed by atoms with Gasteiger partial charge in [-0.2, -0.15) is 16.4 Å². The predicted molar refractivity (Wildman–Crippen MR) is 111 cm³/mol. The molecule has 1 aromatic carbocycles. The molecule has 0 N–H and O–H groups in total. The summed E-state index contributed by atoms with van der Waals surface area (Å²) in [5, 5.41) is 10.4. The molecule has 0 saturated heterocycles. The van der Waals surface area contributed by atoms with E-state index in [0.717, 1.165) is 23.6 Å². The van der Waals surface area contributed by atoms with Gasteiger partial charge in [0.1, 0.15) is 11.8 Å². The summed E-state index contributed by atoms with van der Waals surface area (Å²) >= 11 is 1.67. The molecular formula is C22H23N3O2S. The van der Waals surface area contributed by atoms with E-state index in [0.29, 0.717) is 13.0 Å². The highest BCUT2D eigenvalue weighted by Crippen LogP contribution is 2.33. The lowest BCUT2D eigenvalue weighted by molar-refractivity contribution is -0.134. The van der Waals surface area contributed by atoms with Gasteiger partial charge in [0.2, 0.25) is 0 Å². The fourth-order valence-electron chi connectivity index (χ4n) is 3.42. The van der Waals surface area contributed by atoms with Gasteiger partial charge in [-0.25, -0.2) is 5.01 Å². The number of amides is 1. The molecule has 2 aromatic heterocycles. The minimum Gasteiger partial charge on any atom is -0.467 e. The lowest BCUT2D eigenvalue weighted by Crippen LogP contribution is -2.36. The summed E-state index contributed by atoms with van der Waals surface area (Å²) in [5.74, 6) is 0.737. The predicted octanol–water partition coefficient (Wildman–Crippen LogP) is 4.46. The topological polar surface area (TPSA) is 49.1 Å². The number of furan rings is 1. The van der Waals surface area contributed by atoms with E-state index in [1.54, 1.807) is 22.6 Å². The summed E-state index contributed by atoms with van der Waals surface area (Å²) < 4.78 is 5.61. The Balaban J connectivity index is 1.53. The van der Waals surface area contributed by atoms with Crippen molar-refractivity contribution >= 4 is 23.0 Å². The first-order chi connectivity index (χ1) is 13.6. The first kappa shape index (κ1) is 18.7. The maximum absolute atomic E-state index is 13.1. The van der Waals surface area contributed by atoms with Crippen LogP contribution in [0.1, 0.15) is 34.9 Å². The molecule has 0 spiro atoms. The zero-order valence-corrected chi connectivity index (χ0v) is 16.9. The van der Waals surface area contributed by atoms with Crippen molar-refractivity contribution in [1.29, 1.82) is 0 Å². The number of hydrogen-bond acceptors (Lipinski definition) is 5. The van der Waals surface area contributed by atoms with Crippen molar-refractivity contribution in [3.8, 4) is 0 Å². The number of carbonyl (C=O) groups is 1. The second-order valence-electron chi connectivity index (χ2n) is 7.19. The molecule has 0 fully saturated rings. The molecule has 6 heteroatoms. The average molecular weight is 394 g/mol. The van der Waals surface area contributed by atoms with Crippen molar-refractivity contribution in [3.05, 3.63) is 81.9 Å². The SMILES string of the molecule is Cc1ccc(C2=NN(C(=O)CN(C)Cc3ccsc3)[C@H](c3ccco3)C2)cc1. The first-order valence-corrected chi connectivity index (χ1v) is 10.2. The number of benzene rings is 1. The van der Waals surface area contributed by atoms with Crippen LogP contribution >= 0.6 is 11.3 Å². The van der Waals surface area contributed by atoms with Crippen LogP contribution in [0, 0.1) is 6.92 Å². The van der Waals surface area contributed by atoms with Crippen LogP contribution in [0.4, 0.5) is 0 Å². The molecule has 3 heterocycles. The minimum atomic E-state index is -0.201. The summed E-state index contributed by atoms with van der Waals surface area (Å²) in [6, 6.07) is 13.9. The number of aryl methyl sites for hydroxylation is 1. The Kier molecular flexibility index (Phi) is 5.41. The van der Waals surface area contributed by atoms with Gasteiger partial charge >= 0.3 is 0 Å². The molecule has 0 unspecified atom stereocenters. The third-order valence-electron chi connectivity index (χ3n) is 4.86. The van der Waals surface area contributed by atoms with Crippen molar-refractivity contribution in [2.75, 3.05) is 13.6 Å². The number of nitrogens with zero attached hydrogens (tertiary/aromatic N) is 3. The molecule has 144 valence electrons. The summed E-state index contributed by atoms with van der Waals surface area (Å²) in [5.41, 5.74) is 4.38. The molecule has 0 bridgehead atoms. The second kappa shape index (κ2) is 8.12. The third kappa shape index (κ3) is 4.08. The average Bonchev–Trinajstić information content (AvgIpc) is 3.43.